The molecule has 0 radical (unpaired) electrons. The molecule has 4 heterocycles. The van der Waals surface area contributed by atoms with Crippen LogP contribution in [0.3, 0.4) is 0 Å². The van der Waals surface area contributed by atoms with Gasteiger partial charge >= 0.3 is 0 Å². The van der Waals surface area contributed by atoms with Gasteiger partial charge in [0.15, 0.2) is 0 Å². The molecule has 0 saturated heterocycles. The van der Waals surface area contributed by atoms with E-state index in [0.29, 0.717) is 0 Å². The fraction of sp³-hybridized carbons (Fsp3) is 0.316. The molecule has 0 amide bonds. The third-order valence-electron chi connectivity index (χ3n) is 26.1. The van der Waals surface area contributed by atoms with Gasteiger partial charge < -0.3 is 18.9 Å². The second-order valence-corrected chi connectivity index (χ2v) is 44.1. The SMILES string of the molecule is CC(C)(C)c1ccc(-c2ccc(-c3ccccc3C(C)(C)C)c(N3c4cc(-n5c6ccc(C(C)(C)C)cc6c6cc(C(C)(C)C)ccc65)ccc4B4c5ccc(-n6c7ccc(C(C)(C)C)cc7c7cc(C(C)(C)C)ccc76)cc5N(c5cc(-c6ccc(C(C)(C)C)cc6)ccc5-c5ccccc5C(C)(C)C)c5cc(C(C)(C)C)cc3c54)c2)cc1. The standard InChI is InChI=1S/C114H123BN4/c1-106(2,3)74-42-36-70(37-43-74)72-40-52-85(83-32-28-30-34-91(83)113(22,23)24)99(60-72)118-101-68-81(116-95-56-46-76(108(7,8)9)62-87(95)88-63-77(109(10,11)12)47-57-96(88)116)50-54-93(101)115-94-55-51-82(117-97-58-48-78(110(13,14)15)64-89(97)90-65-79(111(16,17)18)49-59-98(90)117)69-102(94)119(104-67-80(112(19,20)21)66-103(118)105(104)115)100-61-73(71-38-44-75(45-39-71)107(4,5)6)41-53-86(100)84-33-29-31-35-92(84)114(25,26)27/h28-69H,1-27H3. The first-order valence-electron chi connectivity index (χ1n) is 43.7. The van der Waals surface area contributed by atoms with Gasteiger partial charge in [0, 0.05) is 66.8 Å². The average Bonchev–Trinajstić information content (AvgIpc) is 1.38. The molecule has 2 aliphatic rings. The van der Waals surface area contributed by atoms with Gasteiger partial charge in [-0.25, -0.2) is 0 Å². The van der Waals surface area contributed by atoms with Crippen LogP contribution in [-0.4, -0.2) is 15.8 Å². The fourth-order valence-electron chi connectivity index (χ4n) is 19.0. The zero-order valence-corrected chi connectivity index (χ0v) is 76.1. The Balaban J connectivity index is 1.05. The zero-order chi connectivity index (χ0) is 84.9. The number of fused-ring (bicyclic) bond motifs is 10. The van der Waals surface area contributed by atoms with E-state index >= 15 is 0 Å². The highest BCUT2D eigenvalue weighted by atomic mass is 15.2. The summed E-state index contributed by atoms with van der Waals surface area (Å²) in [5.74, 6) is 0. The molecule has 0 spiro atoms. The lowest BCUT2D eigenvalue weighted by atomic mass is 9.33. The molecule has 0 aliphatic carbocycles. The van der Waals surface area contributed by atoms with E-state index < -0.39 is 0 Å². The normalized spacial score (nSPS) is 13.8. The summed E-state index contributed by atoms with van der Waals surface area (Å²) < 4.78 is 5.17. The van der Waals surface area contributed by atoms with Crippen LogP contribution < -0.4 is 26.2 Å². The molecule has 5 heteroatoms. The summed E-state index contributed by atoms with van der Waals surface area (Å²) in [4.78, 5) is 5.51. The Labute approximate surface area is 711 Å². The minimum absolute atomic E-state index is 0.0188. The maximum absolute atomic E-state index is 2.75. The minimum Gasteiger partial charge on any atom is -0.311 e. The van der Waals surface area contributed by atoms with Gasteiger partial charge in [0.2, 0.25) is 0 Å². The lowest BCUT2D eigenvalue weighted by Crippen LogP contribution is -2.61. The Morgan fingerprint density at radius 1 is 0.202 bits per heavy atom. The smallest absolute Gasteiger partial charge is 0.252 e. The number of hydrogen-bond donors (Lipinski definition) is 0. The van der Waals surface area contributed by atoms with Crippen LogP contribution in [0.25, 0.3) is 99.5 Å². The van der Waals surface area contributed by atoms with Gasteiger partial charge in [-0.2, -0.15) is 0 Å². The third kappa shape index (κ3) is 14.2. The van der Waals surface area contributed by atoms with Crippen molar-refractivity contribution < 1.29 is 0 Å². The van der Waals surface area contributed by atoms with Crippen molar-refractivity contribution in [1.29, 1.82) is 0 Å². The number of benzene rings is 13. The highest BCUT2D eigenvalue weighted by Gasteiger charge is 2.46. The first-order valence-corrected chi connectivity index (χ1v) is 43.7. The van der Waals surface area contributed by atoms with Crippen LogP contribution in [0.5, 0.6) is 0 Å². The van der Waals surface area contributed by atoms with Crippen molar-refractivity contribution in [2.24, 2.45) is 0 Å². The number of aromatic nitrogens is 2. The summed E-state index contributed by atoms with van der Waals surface area (Å²) in [6, 6.07) is 102. The Morgan fingerprint density at radius 3 is 0.782 bits per heavy atom. The van der Waals surface area contributed by atoms with E-state index in [0.717, 1.165) is 45.3 Å². The van der Waals surface area contributed by atoms with Crippen molar-refractivity contribution in [3.8, 4) is 55.9 Å². The predicted molar refractivity (Wildman–Crippen MR) is 519 cm³/mol. The van der Waals surface area contributed by atoms with Crippen LogP contribution in [0.2, 0.25) is 0 Å². The van der Waals surface area contributed by atoms with Crippen molar-refractivity contribution >= 4 is 101 Å². The van der Waals surface area contributed by atoms with E-state index in [2.05, 4.69) is 461 Å². The summed E-state index contributed by atoms with van der Waals surface area (Å²) in [5, 5.41) is 5.07. The Bertz CT molecular complexity index is 6050. The monoisotopic (exact) mass is 1560 g/mol. The summed E-state index contributed by atoms with van der Waals surface area (Å²) in [6.45, 7) is 63.3. The summed E-state index contributed by atoms with van der Waals surface area (Å²) in [7, 11) is 0. The molecule has 4 nitrogen and oxygen atoms in total. The summed E-state index contributed by atoms with van der Waals surface area (Å²) in [6.07, 6.45) is 0. The van der Waals surface area contributed by atoms with Crippen LogP contribution in [0.4, 0.5) is 34.1 Å². The van der Waals surface area contributed by atoms with Crippen LogP contribution in [-0.2, 0) is 48.7 Å². The Hall–Kier alpha value is -10.9. The van der Waals surface area contributed by atoms with Crippen molar-refractivity contribution in [3.63, 3.8) is 0 Å². The van der Waals surface area contributed by atoms with E-state index in [9.17, 15) is 0 Å². The summed E-state index contributed by atoms with van der Waals surface area (Å²) in [5.41, 5.74) is 37.8. The van der Waals surface area contributed by atoms with Gasteiger partial charge in [-0.15, -0.1) is 0 Å². The maximum Gasteiger partial charge on any atom is 0.252 e. The van der Waals surface area contributed by atoms with Gasteiger partial charge in [-0.1, -0.05) is 345 Å². The predicted octanol–water partition coefficient (Wildman–Crippen LogP) is 30.3. The third-order valence-corrected chi connectivity index (χ3v) is 26.1. The molecule has 0 saturated carbocycles. The van der Waals surface area contributed by atoms with Crippen LogP contribution >= 0.6 is 0 Å². The highest BCUT2D eigenvalue weighted by molar-refractivity contribution is 7.00. The van der Waals surface area contributed by atoms with E-state index in [-0.39, 0.29) is 55.4 Å². The van der Waals surface area contributed by atoms with Gasteiger partial charge in [-0.05, 0) is 246 Å². The zero-order valence-electron chi connectivity index (χ0n) is 76.1. The van der Waals surface area contributed by atoms with Crippen LogP contribution in [0, 0.1) is 0 Å². The highest BCUT2D eigenvalue weighted by Crippen LogP contribution is 2.54. The van der Waals surface area contributed by atoms with E-state index in [4.69, 9.17) is 0 Å². The second-order valence-electron chi connectivity index (χ2n) is 44.1. The van der Waals surface area contributed by atoms with Crippen molar-refractivity contribution in [2.75, 3.05) is 9.80 Å². The second kappa shape index (κ2) is 27.9. The molecule has 13 aromatic carbocycles. The molecule has 2 aromatic heterocycles. The number of rotatable bonds is 8. The minimum atomic E-state index is -0.346. The number of nitrogens with zero attached hydrogens (tertiary/aromatic N) is 4. The number of hydrogen-bond acceptors (Lipinski definition) is 2. The first kappa shape index (κ1) is 80.5. The molecular formula is C114H123BN4. The molecule has 119 heavy (non-hydrogen) atoms. The van der Waals surface area contributed by atoms with Gasteiger partial charge in [0.25, 0.3) is 6.71 Å². The fourth-order valence-corrected chi connectivity index (χ4v) is 19.0. The molecule has 0 atom stereocenters. The first-order chi connectivity index (χ1) is 55.7. The molecule has 0 fully saturated rings. The van der Waals surface area contributed by atoms with Crippen molar-refractivity contribution in [3.05, 3.63) is 305 Å². The quantitative estimate of drug-likeness (QED) is 0.141. The molecule has 0 bridgehead atoms. The lowest BCUT2D eigenvalue weighted by Gasteiger charge is -2.46. The van der Waals surface area contributed by atoms with Crippen LogP contribution in [0.1, 0.15) is 237 Å². The topological polar surface area (TPSA) is 16.3 Å². The lowest BCUT2D eigenvalue weighted by molar-refractivity contribution is 0.590. The summed E-state index contributed by atoms with van der Waals surface area (Å²) >= 11 is 0. The van der Waals surface area contributed by atoms with Gasteiger partial charge in [0.05, 0.1) is 33.4 Å². The molecule has 15 aromatic rings. The van der Waals surface area contributed by atoms with Gasteiger partial charge in [-0.3, -0.25) is 0 Å². The molecular weight excluding hydrogens is 1440 g/mol. The van der Waals surface area contributed by atoms with E-state index in [1.54, 1.807) is 0 Å². The van der Waals surface area contributed by atoms with Crippen LogP contribution in [0.15, 0.2) is 255 Å². The molecule has 0 N–H and O–H groups in total. The number of anilines is 6. The van der Waals surface area contributed by atoms with E-state index in [1.165, 1.54) is 155 Å². The molecule has 2 aliphatic heterocycles. The molecule has 602 valence electrons. The van der Waals surface area contributed by atoms with E-state index in [1.807, 2.05) is 0 Å². The van der Waals surface area contributed by atoms with Crippen molar-refractivity contribution in [1.82, 2.24) is 9.13 Å². The largest absolute Gasteiger partial charge is 0.311 e. The molecule has 0 unspecified atom stereocenters. The Kier molecular flexibility index (Phi) is 18.9. The van der Waals surface area contributed by atoms with Gasteiger partial charge in [0.1, 0.15) is 0 Å². The average molecular weight is 1560 g/mol. The molecule has 17 rings (SSSR count). The Morgan fingerprint density at radius 2 is 0.487 bits per heavy atom. The maximum atomic E-state index is 2.75. The van der Waals surface area contributed by atoms with Crippen molar-refractivity contribution in [2.45, 2.75) is 236 Å².